The minimum Gasteiger partial charge on any atom is -0.373 e. The number of piperidine rings is 1. The van der Waals surface area contributed by atoms with E-state index in [4.69, 9.17) is 23.2 Å². The number of halogens is 3. The third-order valence-electron chi connectivity index (χ3n) is 8.54. The molecule has 1 aliphatic rings. The van der Waals surface area contributed by atoms with E-state index in [0.29, 0.717) is 44.2 Å². The maximum absolute atomic E-state index is 13.9. The van der Waals surface area contributed by atoms with Gasteiger partial charge in [-0.25, -0.2) is 9.07 Å². The number of pyridine rings is 1. The first kappa shape index (κ1) is 32.4. The van der Waals surface area contributed by atoms with Crippen LogP contribution >= 0.6 is 23.2 Å². The van der Waals surface area contributed by atoms with Crippen LogP contribution in [-0.2, 0) is 0 Å². The van der Waals surface area contributed by atoms with E-state index in [1.54, 1.807) is 12.1 Å². The number of nitriles is 1. The van der Waals surface area contributed by atoms with Gasteiger partial charge in [-0.3, -0.25) is 14.7 Å². The molecule has 1 aliphatic heterocycles. The molecule has 1 fully saturated rings. The molecular formula is C35H33Cl2FN8O. The van der Waals surface area contributed by atoms with Crippen molar-refractivity contribution in [2.75, 3.05) is 23.7 Å². The van der Waals surface area contributed by atoms with Gasteiger partial charge in [0.2, 0.25) is 0 Å². The summed E-state index contributed by atoms with van der Waals surface area (Å²) in [6.45, 7) is 8.65. The van der Waals surface area contributed by atoms with Crippen LogP contribution in [0, 0.1) is 17.1 Å². The normalized spacial score (nSPS) is 14.9. The molecule has 1 saturated heterocycles. The van der Waals surface area contributed by atoms with Crippen molar-refractivity contribution in [1.29, 1.82) is 5.26 Å². The molecule has 0 radical (unpaired) electrons. The number of rotatable bonds is 8. The first-order valence-corrected chi connectivity index (χ1v) is 16.0. The van der Waals surface area contributed by atoms with E-state index in [1.807, 2.05) is 35.1 Å². The van der Waals surface area contributed by atoms with Crippen LogP contribution in [0.25, 0.3) is 10.9 Å². The predicted molar refractivity (Wildman–Crippen MR) is 183 cm³/mol. The standard InChI is InChI=1S/C35H33Cl2FN8O/c1-35(2,3)45-11-9-26(10-12-45)46-19-31(43-44-46)33(22-6-4-5-21(13-22)20-47)42-25-14-27-32(41-24-7-8-30(38)28(36)15-24)23(17-39)18-40-34(27)29(37)16-25/h4-8,13-16,18-20,26,33,42H,9-12H2,1-3H3,(H,40,41). The second-order valence-corrected chi connectivity index (χ2v) is 13.5. The molecule has 3 aromatic carbocycles. The van der Waals surface area contributed by atoms with E-state index in [1.165, 1.54) is 24.4 Å². The average molecular weight is 672 g/mol. The van der Waals surface area contributed by atoms with Crippen LogP contribution in [0.15, 0.2) is 67.0 Å². The van der Waals surface area contributed by atoms with Crippen LogP contribution in [0.4, 0.5) is 21.5 Å². The van der Waals surface area contributed by atoms with Gasteiger partial charge in [0.15, 0.2) is 0 Å². The number of aromatic nitrogens is 4. The highest BCUT2D eigenvalue weighted by molar-refractivity contribution is 6.36. The number of anilines is 3. The van der Waals surface area contributed by atoms with Crippen LogP contribution in [0.5, 0.6) is 0 Å². The summed E-state index contributed by atoms with van der Waals surface area (Å²) in [7, 11) is 0. The van der Waals surface area contributed by atoms with Gasteiger partial charge in [0, 0.05) is 47.1 Å². The van der Waals surface area contributed by atoms with Crippen molar-refractivity contribution in [1.82, 2.24) is 24.9 Å². The summed E-state index contributed by atoms with van der Waals surface area (Å²) < 4.78 is 15.8. The lowest BCUT2D eigenvalue weighted by Gasteiger charge is -2.40. The summed E-state index contributed by atoms with van der Waals surface area (Å²) >= 11 is 12.8. The molecule has 47 heavy (non-hydrogen) atoms. The smallest absolute Gasteiger partial charge is 0.150 e. The Balaban J connectivity index is 1.38. The number of carbonyl (C=O) groups is 1. The van der Waals surface area contributed by atoms with Crippen molar-refractivity contribution < 1.29 is 9.18 Å². The van der Waals surface area contributed by atoms with Gasteiger partial charge in [0.05, 0.1) is 45.1 Å². The first-order valence-electron chi connectivity index (χ1n) is 15.3. The summed E-state index contributed by atoms with van der Waals surface area (Å²) in [6.07, 6.45) is 6.13. The summed E-state index contributed by atoms with van der Waals surface area (Å²) in [6, 6.07) is 17.0. The molecule has 3 heterocycles. The first-order chi connectivity index (χ1) is 22.5. The molecule has 0 saturated carbocycles. The van der Waals surface area contributed by atoms with Crippen LogP contribution in [-0.4, -0.2) is 49.8 Å². The molecule has 12 heteroatoms. The van der Waals surface area contributed by atoms with Crippen molar-refractivity contribution in [2.24, 2.45) is 0 Å². The fourth-order valence-corrected chi connectivity index (χ4v) is 6.44. The largest absolute Gasteiger partial charge is 0.373 e. The molecule has 1 unspecified atom stereocenters. The van der Waals surface area contributed by atoms with E-state index in [2.05, 4.69) is 57.7 Å². The molecule has 0 spiro atoms. The summed E-state index contributed by atoms with van der Waals surface area (Å²) in [5, 5.41) is 26.7. The number of nitrogens with one attached hydrogen (secondary N) is 2. The third kappa shape index (κ3) is 6.93. The number of hydrogen-bond acceptors (Lipinski definition) is 8. The fourth-order valence-electron chi connectivity index (χ4n) is 5.99. The highest BCUT2D eigenvalue weighted by Gasteiger charge is 2.29. The van der Waals surface area contributed by atoms with Crippen LogP contribution in [0.2, 0.25) is 10.0 Å². The number of benzene rings is 3. The molecule has 2 N–H and O–H groups in total. The molecule has 0 aliphatic carbocycles. The lowest BCUT2D eigenvalue weighted by molar-refractivity contribution is 0.0866. The Morgan fingerprint density at radius 2 is 1.83 bits per heavy atom. The van der Waals surface area contributed by atoms with Gasteiger partial charge in [0.25, 0.3) is 0 Å². The zero-order chi connectivity index (χ0) is 33.3. The maximum atomic E-state index is 13.9. The Bertz CT molecular complexity index is 1990. The Morgan fingerprint density at radius 1 is 1.06 bits per heavy atom. The zero-order valence-electron chi connectivity index (χ0n) is 26.1. The van der Waals surface area contributed by atoms with E-state index in [0.717, 1.165) is 37.8 Å². The van der Waals surface area contributed by atoms with Gasteiger partial charge in [-0.1, -0.05) is 46.6 Å². The molecule has 2 aromatic heterocycles. The van der Waals surface area contributed by atoms with Gasteiger partial charge in [0.1, 0.15) is 23.9 Å². The Hall–Kier alpha value is -4.56. The lowest BCUT2D eigenvalue weighted by atomic mass is 9.98. The van der Waals surface area contributed by atoms with Gasteiger partial charge >= 0.3 is 0 Å². The highest BCUT2D eigenvalue weighted by Crippen LogP contribution is 2.37. The summed E-state index contributed by atoms with van der Waals surface area (Å²) in [5.74, 6) is -0.552. The fraction of sp³-hybridized carbons (Fsp3) is 0.286. The van der Waals surface area contributed by atoms with Gasteiger partial charge in [-0.05, 0) is 75.6 Å². The van der Waals surface area contributed by atoms with E-state index in [-0.39, 0.29) is 22.2 Å². The monoisotopic (exact) mass is 670 g/mol. The molecule has 240 valence electrons. The molecule has 0 bridgehead atoms. The van der Waals surface area contributed by atoms with E-state index in [9.17, 15) is 14.4 Å². The van der Waals surface area contributed by atoms with E-state index >= 15 is 0 Å². The van der Waals surface area contributed by atoms with Gasteiger partial charge in [-0.2, -0.15) is 5.26 Å². The number of fused-ring (bicyclic) bond motifs is 1. The number of likely N-dealkylation sites (tertiary alicyclic amines) is 1. The zero-order valence-corrected chi connectivity index (χ0v) is 27.6. The van der Waals surface area contributed by atoms with E-state index < -0.39 is 11.9 Å². The SMILES string of the molecule is CC(C)(C)N1CCC(n2cc(C(Nc3cc(Cl)c4ncc(C#N)c(Nc5ccc(F)c(Cl)c5)c4c3)c3cccc(C=O)c3)nn2)CC1. The van der Waals surface area contributed by atoms with Crippen molar-refractivity contribution in [3.05, 3.63) is 105 Å². The number of hydrogen-bond donors (Lipinski definition) is 2. The van der Waals surface area contributed by atoms with Crippen molar-refractivity contribution in [3.63, 3.8) is 0 Å². The Kier molecular flexibility index (Phi) is 9.15. The van der Waals surface area contributed by atoms with Crippen LogP contribution in [0.1, 0.15) is 72.9 Å². The molecule has 5 aromatic rings. The quantitative estimate of drug-likeness (QED) is 0.159. The number of nitrogens with zero attached hydrogens (tertiary/aromatic N) is 6. The topological polar surface area (TPSA) is 112 Å². The minimum atomic E-state index is -0.552. The average Bonchev–Trinajstić information content (AvgIpc) is 3.55. The maximum Gasteiger partial charge on any atom is 0.150 e. The third-order valence-corrected chi connectivity index (χ3v) is 9.11. The lowest BCUT2D eigenvalue weighted by Crippen LogP contribution is -2.46. The second kappa shape index (κ2) is 13.3. The molecule has 6 rings (SSSR count). The van der Waals surface area contributed by atoms with Gasteiger partial charge < -0.3 is 10.6 Å². The van der Waals surface area contributed by atoms with Crippen molar-refractivity contribution in [2.45, 2.75) is 51.2 Å². The van der Waals surface area contributed by atoms with Crippen molar-refractivity contribution >= 4 is 57.5 Å². The van der Waals surface area contributed by atoms with Crippen LogP contribution < -0.4 is 10.6 Å². The second-order valence-electron chi connectivity index (χ2n) is 12.6. The highest BCUT2D eigenvalue weighted by atomic mass is 35.5. The Morgan fingerprint density at radius 3 is 2.53 bits per heavy atom. The molecular weight excluding hydrogens is 638 g/mol. The Labute approximate surface area is 282 Å². The summed E-state index contributed by atoms with van der Waals surface area (Å²) in [4.78, 5) is 18.6. The van der Waals surface area contributed by atoms with Crippen molar-refractivity contribution in [3.8, 4) is 6.07 Å². The van der Waals surface area contributed by atoms with Gasteiger partial charge in [-0.15, -0.1) is 5.10 Å². The predicted octanol–water partition coefficient (Wildman–Crippen LogP) is 8.34. The van der Waals surface area contributed by atoms with Crippen LogP contribution in [0.3, 0.4) is 0 Å². The number of carbonyl (C=O) groups excluding carboxylic acids is 1. The molecule has 0 amide bonds. The molecule has 1 atom stereocenters. The number of aldehydes is 1. The summed E-state index contributed by atoms with van der Waals surface area (Å²) in [5.41, 5.74) is 4.41. The minimum absolute atomic E-state index is 0.0551. The molecule has 9 nitrogen and oxygen atoms in total.